The predicted octanol–water partition coefficient (Wildman–Crippen LogP) is 2.72. The number of nitrogens with one attached hydrogen (secondary N) is 1. The molecule has 0 aliphatic heterocycles. The molecule has 0 spiro atoms. The number of hydrogen-bond acceptors (Lipinski definition) is 8. The molecule has 0 saturated heterocycles. The van der Waals surface area contributed by atoms with E-state index in [0.717, 1.165) is 60.2 Å². The van der Waals surface area contributed by atoms with Crippen LogP contribution in [0.4, 0.5) is 5.82 Å². The van der Waals surface area contributed by atoms with Gasteiger partial charge in [-0.2, -0.15) is 10.2 Å². The Balaban J connectivity index is 1.59. The van der Waals surface area contributed by atoms with Crippen LogP contribution < -0.4 is 16.9 Å². The highest BCUT2D eigenvalue weighted by Crippen LogP contribution is 2.36. The van der Waals surface area contributed by atoms with E-state index in [0.29, 0.717) is 12.4 Å². The number of hydrogen-bond donors (Lipinski definition) is 3. The third kappa shape index (κ3) is 4.36. The summed E-state index contributed by atoms with van der Waals surface area (Å²) in [5.41, 5.74) is 8.69. The van der Waals surface area contributed by atoms with E-state index in [4.69, 9.17) is 21.4 Å². The number of nitrogens with two attached hydrogens (primary N) is 2. The maximum absolute atomic E-state index is 6.07. The lowest BCUT2D eigenvalue weighted by Gasteiger charge is -2.31. The quantitative estimate of drug-likeness (QED) is 0.278. The van der Waals surface area contributed by atoms with Gasteiger partial charge in [0.25, 0.3) is 0 Å². The Morgan fingerprint density at radius 3 is 2.69 bits per heavy atom. The Morgan fingerprint density at radius 2 is 2.06 bits per heavy atom. The molecule has 3 heterocycles. The maximum Gasteiger partial charge on any atom is 0.220 e. The second-order valence-corrected chi connectivity index (χ2v) is 8.15. The molecule has 0 amide bonds. The Morgan fingerprint density at radius 1 is 1.28 bits per heavy atom. The van der Waals surface area contributed by atoms with Crippen molar-refractivity contribution < 1.29 is 4.74 Å². The molecule has 4 rings (SSSR count). The molecule has 0 aromatic carbocycles. The van der Waals surface area contributed by atoms with Gasteiger partial charge in [0.1, 0.15) is 17.6 Å². The highest BCUT2D eigenvalue weighted by Gasteiger charge is 2.27. The second kappa shape index (κ2) is 9.47. The summed E-state index contributed by atoms with van der Waals surface area (Å²) in [6.07, 6.45) is 11.0. The smallest absolute Gasteiger partial charge is 0.220 e. The fourth-order valence-electron chi connectivity index (χ4n) is 4.28. The zero-order valence-corrected chi connectivity index (χ0v) is 19.0. The summed E-state index contributed by atoms with van der Waals surface area (Å²) in [7, 11) is 1.91. The number of pyridine rings is 1. The van der Waals surface area contributed by atoms with E-state index in [9.17, 15) is 0 Å². The molecule has 10 nitrogen and oxygen atoms in total. The fraction of sp³-hybridized carbons (Fsp3) is 0.500. The number of anilines is 1. The van der Waals surface area contributed by atoms with Crippen LogP contribution in [0.15, 0.2) is 36.7 Å². The number of aryl methyl sites for hydroxylation is 1. The largest absolute Gasteiger partial charge is 0.474 e. The lowest BCUT2D eigenvalue weighted by atomic mass is 9.93. The monoisotopic (exact) mass is 439 g/mol. The van der Waals surface area contributed by atoms with E-state index < -0.39 is 0 Å². The van der Waals surface area contributed by atoms with Crippen molar-refractivity contribution in [1.82, 2.24) is 29.6 Å². The topological polar surface area (TPSA) is 125 Å². The number of nitrogens with zero attached hydrogens (tertiary/aromatic N) is 6. The highest BCUT2D eigenvalue weighted by molar-refractivity contribution is 5.93. The Hall–Kier alpha value is -3.27. The van der Waals surface area contributed by atoms with Crippen molar-refractivity contribution in [3.8, 4) is 11.3 Å². The first-order chi connectivity index (χ1) is 15.5. The van der Waals surface area contributed by atoms with Crippen molar-refractivity contribution in [3.63, 3.8) is 0 Å². The average molecular weight is 440 g/mol. The van der Waals surface area contributed by atoms with Crippen LogP contribution in [0, 0.1) is 0 Å². The zero-order valence-electron chi connectivity index (χ0n) is 19.0. The van der Waals surface area contributed by atoms with Gasteiger partial charge in [0, 0.05) is 49.5 Å². The molecule has 0 unspecified atom stereocenters. The number of hydrazine groups is 1. The van der Waals surface area contributed by atoms with Crippen LogP contribution in [-0.2, 0) is 11.8 Å². The number of fused-ring (bicyclic) bond motifs is 1. The fourth-order valence-corrected chi connectivity index (χ4v) is 4.28. The summed E-state index contributed by atoms with van der Waals surface area (Å²) in [5, 5.41) is 15.2. The molecule has 1 aliphatic rings. The van der Waals surface area contributed by atoms with Crippen molar-refractivity contribution in [3.05, 3.63) is 36.7 Å². The van der Waals surface area contributed by atoms with E-state index in [1.54, 1.807) is 4.68 Å². The minimum atomic E-state index is 0.0947. The molecule has 0 radical (unpaired) electrons. The maximum atomic E-state index is 6.07. The predicted molar refractivity (Wildman–Crippen MR) is 125 cm³/mol. The number of ether oxygens (including phenoxy) is 1. The van der Waals surface area contributed by atoms with Crippen LogP contribution >= 0.6 is 0 Å². The molecule has 10 heteroatoms. The molecule has 1 fully saturated rings. The number of rotatable bonds is 8. The van der Waals surface area contributed by atoms with Crippen LogP contribution in [0.3, 0.4) is 0 Å². The molecular formula is C22H33N9O. The van der Waals surface area contributed by atoms with Crippen LogP contribution in [0.5, 0.6) is 0 Å². The lowest BCUT2D eigenvalue weighted by molar-refractivity contribution is 0.0209. The van der Waals surface area contributed by atoms with E-state index in [-0.39, 0.29) is 12.1 Å². The van der Waals surface area contributed by atoms with Gasteiger partial charge in [0.15, 0.2) is 0 Å². The van der Waals surface area contributed by atoms with Gasteiger partial charge in [0.05, 0.1) is 24.0 Å². The first-order valence-corrected chi connectivity index (χ1v) is 11.3. The van der Waals surface area contributed by atoms with Crippen LogP contribution in [0.2, 0.25) is 0 Å². The lowest BCUT2D eigenvalue weighted by Crippen LogP contribution is -2.35. The standard InChI is InChI=1S/C22H33N9O/c1-4-25-20-10-19-18(13-26-20)22(15-12-27-29(3)14-15)28-31(19)16-6-8-17(9-7-16)32-21(11-23)30(24)5-2/h10-14,16-17H,4-9,23-24H2,1-3H3,(H,25,26)/b21-11+. The Bertz CT molecular complexity index is 1080. The summed E-state index contributed by atoms with van der Waals surface area (Å²) < 4.78 is 10.0. The minimum Gasteiger partial charge on any atom is -0.474 e. The third-order valence-electron chi connectivity index (χ3n) is 5.97. The summed E-state index contributed by atoms with van der Waals surface area (Å²) in [4.78, 5) is 4.58. The molecule has 1 aliphatic carbocycles. The van der Waals surface area contributed by atoms with Crippen molar-refractivity contribution in [1.29, 1.82) is 0 Å². The van der Waals surface area contributed by atoms with Crippen LogP contribution in [0.25, 0.3) is 22.2 Å². The second-order valence-electron chi connectivity index (χ2n) is 8.15. The van der Waals surface area contributed by atoms with E-state index >= 15 is 0 Å². The SMILES string of the molecule is CCNc1cc2c(cn1)c(-c1cnn(C)c1)nn2C1CCC(O/C(=C/N)N(N)CC)CC1. The Kier molecular flexibility index (Phi) is 6.50. The van der Waals surface area contributed by atoms with Gasteiger partial charge in [-0.3, -0.25) is 14.4 Å². The first kappa shape index (κ1) is 21.9. The summed E-state index contributed by atoms with van der Waals surface area (Å²) in [5.74, 6) is 7.34. The third-order valence-corrected chi connectivity index (χ3v) is 5.97. The molecule has 5 N–H and O–H groups in total. The van der Waals surface area contributed by atoms with Gasteiger partial charge in [-0.1, -0.05) is 0 Å². The molecule has 3 aromatic heterocycles. The molecule has 32 heavy (non-hydrogen) atoms. The molecular weight excluding hydrogens is 406 g/mol. The van der Waals surface area contributed by atoms with E-state index in [1.165, 1.54) is 11.2 Å². The minimum absolute atomic E-state index is 0.0947. The van der Waals surface area contributed by atoms with Gasteiger partial charge in [0.2, 0.25) is 5.88 Å². The van der Waals surface area contributed by atoms with E-state index in [1.807, 2.05) is 32.6 Å². The number of aromatic nitrogens is 5. The summed E-state index contributed by atoms with van der Waals surface area (Å²) in [6, 6.07) is 2.38. The molecule has 3 aromatic rings. The van der Waals surface area contributed by atoms with Gasteiger partial charge < -0.3 is 15.8 Å². The van der Waals surface area contributed by atoms with Gasteiger partial charge in [-0.05, 0) is 39.5 Å². The van der Waals surface area contributed by atoms with Gasteiger partial charge >= 0.3 is 0 Å². The normalized spacial score (nSPS) is 19.3. The summed E-state index contributed by atoms with van der Waals surface area (Å²) >= 11 is 0. The van der Waals surface area contributed by atoms with Crippen LogP contribution in [0.1, 0.15) is 45.6 Å². The average Bonchev–Trinajstić information content (AvgIpc) is 3.41. The molecule has 0 atom stereocenters. The first-order valence-electron chi connectivity index (χ1n) is 11.3. The van der Waals surface area contributed by atoms with Gasteiger partial charge in [-0.25, -0.2) is 10.8 Å². The van der Waals surface area contributed by atoms with E-state index in [2.05, 4.69) is 33.1 Å². The highest BCUT2D eigenvalue weighted by atomic mass is 16.5. The Labute approximate surface area is 188 Å². The van der Waals surface area contributed by atoms with Gasteiger partial charge in [-0.15, -0.1) is 0 Å². The van der Waals surface area contributed by atoms with Crippen molar-refractivity contribution in [2.24, 2.45) is 18.6 Å². The van der Waals surface area contributed by atoms with Crippen LogP contribution in [-0.4, -0.2) is 48.7 Å². The molecule has 0 bridgehead atoms. The molecule has 1 saturated carbocycles. The zero-order chi connectivity index (χ0) is 22.7. The van der Waals surface area contributed by atoms with Crippen molar-refractivity contribution in [2.75, 3.05) is 18.4 Å². The van der Waals surface area contributed by atoms with Crippen molar-refractivity contribution in [2.45, 2.75) is 51.7 Å². The van der Waals surface area contributed by atoms with Crippen molar-refractivity contribution >= 4 is 16.7 Å². The summed E-state index contributed by atoms with van der Waals surface area (Å²) in [6.45, 7) is 5.48. The molecule has 172 valence electrons.